The van der Waals surface area contributed by atoms with Gasteiger partial charge in [-0.3, -0.25) is 9.11 Å². The summed E-state index contributed by atoms with van der Waals surface area (Å²) in [4.78, 5) is 0. The molecule has 26 atom stereocenters. The Morgan fingerprint density at radius 3 is 1.88 bits per heavy atom. The molecule has 11 rings (SSSR count). The lowest BCUT2D eigenvalue weighted by Crippen LogP contribution is -2.74. The van der Waals surface area contributed by atoms with Crippen LogP contribution in [0.15, 0.2) is 37.0 Å². The molecular formula is C52H78O21S2. The normalized spacial score (nSPS) is 52.6. The Balaban J connectivity index is 0.754. The number of allylic oxidation sites excluding steroid dienone is 2. The second-order valence-corrected chi connectivity index (χ2v) is 26.8. The zero-order chi connectivity index (χ0) is 53.4. The van der Waals surface area contributed by atoms with E-state index < -0.39 is 123 Å². The van der Waals surface area contributed by atoms with Gasteiger partial charge in [-0.2, -0.15) is 16.8 Å². The van der Waals surface area contributed by atoms with Gasteiger partial charge < -0.3 is 62.3 Å². The largest absolute Gasteiger partial charge is 0.397 e. The third-order valence-electron chi connectivity index (χ3n) is 19.1. The highest BCUT2D eigenvalue weighted by molar-refractivity contribution is 7.81. The van der Waals surface area contributed by atoms with Gasteiger partial charge >= 0.3 is 20.8 Å². The van der Waals surface area contributed by atoms with Gasteiger partial charge in [0.2, 0.25) is 0 Å². The Bertz CT molecular complexity index is 2420. The molecule has 11 heterocycles. The van der Waals surface area contributed by atoms with Crippen LogP contribution in [0, 0.1) is 5.92 Å². The number of hydrogen-bond donors (Lipinski definition) is 4. The zero-order valence-electron chi connectivity index (χ0n) is 43.7. The van der Waals surface area contributed by atoms with Crippen molar-refractivity contribution in [3.8, 4) is 0 Å². The first-order valence-corrected chi connectivity index (χ1v) is 29.8. The highest BCUT2D eigenvalue weighted by Crippen LogP contribution is 2.54. The lowest BCUT2D eigenvalue weighted by atomic mass is 9.73. The molecule has 0 spiro atoms. The van der Waals surface area contributed by atoms with Gasteiger partial charge in [0, 0.05) is 51.4 Å². The molecule has 11 aliphatic heterocycles. The van der Waals surface area contributed by atoms with Crippen LogP contribution in [0.25, 0.3) is 0 Å². The van der Waals surface area contributed by atoms with Gasteiger partial charge in [0.1, 0.15) is 35.6 Å². The van der Waals surface area contributed by atoms with E-state index in [9.17, 15) is 31.6 Å². The van der Waals surface area contributed by atoms with Crippen molar-refractivity contribution in [3.63, 3.8) is 0 Å². The number of ether oxygens (including phenoxy) is 11. The Hall–Kier alpha value is -1.56. The molecule has 0 amide bonds. The van der Waals surface area contributed by atoms with Gasteiger partial charge in [0.05, 0.1) is 121 Å². The van der Waals surface area contributed by atoms with Crippen LogP contribution in [0.1, 0.15) is 125 Å². The predicted octanol–water partition coefficient (Wildman–Crippen LogP) is 4.11. The van der Waals surface area contributed by atoms with Crippen LogP contribution in [0.2, 0.25) is 0 Å². The highest BCUT2D eigenvalue weighted by Gasteiger charge is 2.65. The smallest absolute Gasteiger partial charge is 0.387 e. The topological polar surface area (TPSA) is 269 Å². The van der Waals surface area contributed by atoms with Crippen LogP contribution < -0.4 is 0 Å². The van der Waals surface area contributed by atoms with E-state index in [2.05, 4.69) is 38.1 Å². The standard InChI is InChI=1S/C52H78O21S2/c1-9-10-13-48(4,54)47-27(3)18-36-35(68-47)24-43-52(8,71-36)46(53)45-39(67-43)22-38-44(69-45)26(2)11-14-50(6)41(66-38)25-40-51(7,73-50)15-12-28-29(65-40)19-31-30(62-28)20-32-33(63-31)21-37-34(64-32)23-42(72-75(58,59)60)49(5,70-37)16-17-61-74(55,56)57/h9-10,13,26,28-47,53-54H,1,3,11-12,14-25H2,2,4-8H3,(H,55,56,57)(H,58,59,60)/b13-10+/t26-,28-,29+,30+,31-,32-,33+,34+,35+,36-,37-,38-,39+,40-,41+,42-,43-,44+,45+,46+,47-,48+,49+,50-,51+,52+/m0/s1. The average Bonchev–Trinajstić information content (AvgIpc) is 3.45. The van der Waals surface area contributed by atoms with E-state index in [1.807, 2.05) is 6.92 Å². The summed E-state index contributed by atoms with van der Waals surface area (Å²) in [5, 5.41) is 23.6. The number of aliphatic hydroxyl groups excluding tert-OH is 1. The minimum atomic E-state index is -4.94. The van der Waals surface area contributed by atoms with Crippen molar-refractivity contribution >= 4 is 20.8 Å². The summed E-state index contributed by atoms with van der Waals surface area (Å²) in [6.45, 7) is 19.1. The van der Waals surface area contributed by atoms with Crippen LogP contribution >= 0.6 is 0 Å². The van der Waals surface area contributed by atoms with Gasteiger partial charge in [-0.15, -0.1) is 0 Å². The maximum atomic E-state index is 12.3. The van der Waals surface area contributed by atoms with Crippen molar-refractivity contribution in [2.45, 2.75) is 275 Å². The van der Waals surface area contributed by atoms with Gasteiger partial charge in [-0.05, 0) is 78.2 Å². The lowest BCUT2D eigenvalue weighted by Gasteiger charge is -2.61. The molecule has 21 nitrogen and oxygen atoms in total. The molecule has 4 N–H and O–H groups in total. The molecule has 0 saturated carbocycles. The molecule has 0 aromatic rings. The van der Waals surface area contributed by atoms with Crippen LogP contribution in [0.3, 0.4) is 0 Å². The molecule has 11 saturated heterocycles. The molecule has 75 heavy (non-hydrogen) atoms. The van der Waals surface area contributed by atoms with E-state index >= 15 is 0 Å². The lowest BCUT2D eigenvalue weighted by molar-refractivity contribution is -0.369. The molecular weight excluding hydrogens is 1020 g/mol. The molecule has 0 radical (unpaired) electrons. The van der Waals surface area contributed by atoms with Crippen molar-refractivity contribution in [1.29, 1.82) is 0 Å². The van der Waals surface area contributed by atoms with E-state index in [1.165, 1.54) is 6.92 Å². The van der Waals surface area contributed by atoms with Gasteiger partial charge in [0.15, 0.2) is 0 Å². The van der Waals surface area contributed by atoms with Crippen molar-refractivity contribution in [2.75, 3.05) is 6.61 Å². The minimum Gasteiger partial charge on any atom is -0.387 e. The Labute approximate surface area is 440 Å². The van der Waals surface area contributed by atoms with Gasteiger partial charge in [-0.25, -0.2) is 8.37 Å². The average molecular weight is 1100 g/mol. The third kappa shape index (κ3) is 10.6. The van der Waals surface area contributed by atoms with Crippen LogP contribution in [-0.2, 0) is 81.3 Å². The maximum Gasteiger partial charge on any atom is 0.397 e. The summed E-state index contributed by atoms with van der Waals surface area (Å²) in [5.74, 6) is 0.0731. The van der Waals surface area contributed by atoms with Gasteiger partial charge in [0.25, 0.3) is 0 Å². The van der Waals surface area contributed by atoms with Gasteiger partial charge in [-0.1, -0.05) is 38.3 Å². The van der Waals surface area contributed by atoms with E-state index in [-0.39, 0.29) is 73.7 Å². The van der Waals surface area contributed by atoms with Crippen LogP contribution in [-0.4, -0.2) is 193 Å². The van der Waals surface area contributed by atoms with Crippen LogP contribution in [0.4, 0.5) is 0 Å². The summed E-state index contributed by atoms with van der Waals surface area (Å²) < 4.78 is 151. The fraction of sp³-hybridized carbons (Fsp3) is 0.885. The van der Waals surface area contributed by atoms with E-state index in [4.69, 9.17) is 60.8 Å². The van der Waals surface area contributed by atoms with Crippen LogP contribution in [0.5, 0.6) is 0 Å². The second kappa shape index (κ2) is 19.9. The van der Waals surface area contributed by atoms with E-state index in [0.29, 0.717) is 63.4 Å². The summed E-state index contributed by atoms with van der Waals surface area (Å²) in [5.41, 5.74) is -4.43. The first kappa shape index (κ1) is 55.4. The Kier molecular flexibility index (Phi) is 14.7. The first-order chi connectivity index (χ1) is 35.1. The molecule has 0 aliphatic carbocycles. The van der Waals surface area contributed by atoms with E-state index in [0.717, 1.165) is 12.8 Å². The molecule has 0 aromatic carbocycles. The third-order valence-corrected chi connectivity index (χ3v) is 20.1. The molecule has 424 valence electrons. The van der Waals surface area contributed by atoms with Crippen molar-refractivity contribution in [2.24, 2.45) is 5.92 Å². The summed E-state index contributed by atoms with van der Waals surface area (Å²) in [7, 11) is -9.73. The summed E-state index contributed by atoms with van der Waals surface area (Å²) in [6.07, 6.45) is 1.10. The maximum absolute atomic E-state index is 12.3. The Morgan fingerprint density at radius 2 is 1.23 bits per heavy atom. The highest BCUT2D eigenvalue weighted by atomic mass is 32.3. The fourth-order valence-electron chi connectivity index (χ4n) is 15.0. The molecule has 11 aliphatic rings. The summed E-state index contributed by atoms with van der Waals surface area (Å²) in [6, 6.07) is 0. The fourth-order valence-corrected chi connectivity index (χ4v) is 15.9. The molecule has 0 bridgehead atoms. The van der Waals surface area contributed by atoms with Crippen molar-refractivity contribution in [3.05, 3.63) is 37.0 Å². The number of hydrogen-bond acceptors (Lipinski definition) is 19. The number of fused-ring (bicyclic) bond motifs is 10. The molecule has 0 unspecified atom stereocenters. The zero-order valence-corrected chi connectivity index (χ0v) is 45.3. The molecule has 23 heteroatoms. The monoisotopic (exact) mass is 1100 g/mol. The first-order valence-electron chi connectivity index (χ1n) is 27.1. The number of rotatable bonds is 9. The quantitative estimate of drug-likeness (QED) is 0.144. The SMILES string of the molecule is C=C/C=C/[C@@](C)(O)[C@H]1O[C@@H]2C[C@@H]3O[C@@H]4C[C@@H]5O[C@@H]6C[C@@H]7O[C@@H]8C[C@@H]9O[C@@H]%10C[C@@H]%11O[C@](C)(CCOS(=O)(=O)O)[C@@H](OS(=O)(=O)O)C[C@H]%11O[C@H]%10C[C@H]9O[C@H]8CC[C@@]7(C)O[C@@]6(C)CC[C@H](C)[C@H]5O[C@H]4[C@@H](O)[C@]3(C)O[C@H]2CC1=C. The van der Waals surface area contributed by atoms with E-state index in [1.54, 1.807) is 25.2 Å². The minimum absolute atomic E-state index is 0.00420. The summed E-state index contributed by atoms with van der Waals surface area (Å²) >= 11 is 0. The second-order valence-electron chi connectivity index (χ2n) is 24.6. The molecule has 0 aromatic heterocycles. The molecule has 11 fully saturated rings. The number of aliphatic hydroxyl groups is 2. The van der Waals surface area contributed by atoms with Crippen molar-refractivity contribution < 1.29 is 96.6 Å². The Morgan fingerprint density at radius 1 is 0.667 bits per heavy atom. The predicted molar refractivity (Wildman–Crippen MR) is 262 cm³/mol. The van der Waals surface area contributed by atoms with Crippen molar-refractivity contribution in [1.82, 2.24) is 0 Å².